The first kappa shape index (κ1) is 27.3. The molecule has 2 atom stereocenters. The van der Waals surface area contributed by atoms with E-state index in [9.17, 15) is 40.7 Å². The number of hydrogen-bond donors (Lipinski definition) is 1. The highest BCUT2D eigenvalue weighted by atomic mass is 19.4. The van der Waals surface area contributed by atoms with E-state index < -0.39 is 60.1 Å². The van der Waals surface area contributed by atoms with Gasteiger partial charge in [-0.05, 0) is 51.9 Å². The van der Waals surface area contributed by atoms with E-state index in [0.717, 1.165) is 0 Å². The number of alkyl halides is 6. The number of carbonyl (C=O) groups excluding carboxylic acids is 3. The molecule has 13 heteroatoms. The van der Waals surface area contributed by atoms with Crippen molar-refractivity contribution in [3.8, 4) is 0 Å². The van der Waals surface area contributed by atoms with Gasteiger partial charge in [0.05, 0.1) is 6.42 Å². The van der Waals surface area contributed by atoms with Crippen LogP contribution in [0.3, 0.4) is 0 Å². The summed E-state index contributed by atoms with van der Waals surface area (Å²) >= 11 is 0. The van der Waals surface area contributed by atoms with Crippen LogP contribution in [0.5, 0.6) is 0 Å². The Kier molecular flexibility index (Phi) is 6.75. The van der Waals surface area contributed by atoms with Crippen molar-refractivity contribution in [1.82, 2.24) is 0 Å². The number of rotatable bonds is 7. The molecule has 0 radical (unpaired) electrons. The van der Waals surface area contributed by atoms with Crippen LogP contribution in [0.25, 0.3) is 0 Å². The molecule has 4 saturated carbocycles. The summed E-state index contributed by atoms with van der Waals surface area (Å²) in [5, 5.41) is 9.07. The molecule has 0 saturated heterocycles. The maximum absolute atomic E-state index is 12.7. The predicted octanol–water partition coefficient (Wildman–Crippen LogP) is 3.78. The lowest BCUT2D eigenvalue weighted by atomic mass is 9.48. The topological polar surface area (TPSA) is 99.1 Å². The van der Waals surface area contributed by atoms with Crippen molar-refractivity contribution in [2.45, 2.75) is 81.5 Å². The van der Waals surface area contributed by atoms with Gasteiger partial charge in [-0.3, -0.25) is 4.79 Å². The number of hydrogen-bond acceptors (Lipinski definition) is 7. The van der Waals surface area contributed by atoms with Crippen molar-refractivity contribution in [3.05, 3.63) is 12.2 Å². The zero-order valence-corrected chi connectivity index (χ0v) is 19.1. The Balaban J connectivity index is 1.61. The fraction of sp³-hybridized carbons (Fsp3) is 0.773. The molecule has 35 heavy (non-hydrogen) atoms. The monoisotopic (exact) mass is 516 g/mol. The molecule has 0 heterocycles. The summed E-state index contributed by atoms with van der Waals surface area (Å²) in [6.07, 6.45) is -12.0. The average Bonchev–Trinajstić information content (AvgIpc) is 2.68. The summed E-state index contributed by atoms with van der Waals surface area (Å²) in [7, 11) is 0. The number of aliphatic hydroxyl groups is 1. The van der Waals surface area contributed by atoms with Crippen molar-refractivity contribution in [2.24, 2.45) is 17.8 Å². The van der Waals surface area contributed by atoms with E-state index in [4.69, 9.17) is 14.6 Å². The number of carbonyl (C=O) groups is 3. The van der Waals surface area contributed by atoms with Crippen LogP contribution in [-0.4, -0.2) is 58.8 Å². The summed E-state index contributed by atoms with van der Waals surface area (Å²) < 4.78 is 92.0. The zero-order chi connectivity index (χ0) is 26.6. The quantitative estimate of drug-likeness (QED) is 0.238. The first-order valence-corrected chi connectivity index (χ1v) is 10.9. The largest absolute Gasteiger partial charge is 0.456 e. The average molecular weight is 516 g/mol. The SMILES string of the molecule is C=C(C)C(=O)OC12CC3CC(C1)C(C)(OC(=O)COC(=O)CC(O)(C(F)(F)F)C(F)(F)F)C(C3)C2. The third kappa shape index (κ3) is 5.01. The summed E-state index contributed by atoms with van der Waals surface area (Å²) in [4.78, 5) is 36.1. The van der Waals surface area contributed by atoms with Gasteiger partial charge in [0, 0.05) is 17.4 Å². The molecule has 1 N–H and O–H groups in total. The molecule has 4 aliphatic carbocycles. The molecule has 0 spiro atoms. The van der Waals surface area contributed by atoms with E-state index >= 15 is 0 Å². The molecule has 0 amide bonds. The molecule has 7 nitrogen and oxygen atoms in total. The lowest BCUT2D eigenvalue weighted by Gasteiger charge is -2.62. The lowest BCUT2D eigenvalue weighted by molar-refractivity contribution is -0.368. The Labute approximate surface area is 196 Å². The van der Waals surface area contributed by atoms with Crippen LogP contribution < -0.4 is 0 Å². The number of esters is 3. The van der Waals surface area contributed by atoms with E-state index in [1.165, 1.54) is 6.92 Å². The van der Waals surface area contributed by atoms with Gasteiger partial charge in [0.15, 0.2) is 6.61 Å². The van der Waals surface area contributed by atoms with Crippen LogP contribution in [0, 0.1) is 17.8 Å². The van der Waals surface area contributed by atoms with Crippen LogP contribution in [0.1, 0.15) is 52.4 Å². The van der Waals surface area contributed by atoms with Crippen LogP contribution in [0.15, 0.2) is 12.2 Å². The van der Waals surface area contributed by atoms with E-state index in [1.807, 2.05) is 0 Å². The molecule has 2 unspecified atom stereocenters. The molecule has 4 rings (SSSR count). The minimum Gasteiger partial charge on any atom is -0.456 e. The minimum atomic E-state index is -6.19. The molecule has 198 valence electrons. The molecule has 4 bridgehead atoms. The zero-order valence-electron chi connectivity index (χ0n) is 19.1. The molecule has 4 aliphatic rings. The molecular formula is C22H26F6O7. The van der Waals surface area contributed by atoms with Crippen LogP contribution >= 0.6 is 0 Å². The van der Waals surface area contributed by atoms with Gasteiger partial charge >= 0.3 is 30.3 Å². The highest BCUT2D eigenvalue weighted by Crippen LogP contribution is 2.62. The highest BCUT2D eigenvalue weighted by Gasteiger charge is 2.71. The third-order valence-corrected chi connectivity index (χ3v) is 7.43. The summed E-state index contributed by atoms with van der Waals surface area (Å²) in [5.41, 5.74) is -6.83. The molecule has 0 aromatic rings. The van der Waals surface area contributed by atoms with Gasteiger partial charge in [-0.25, -0.2) is 9.59 Å². The Hall–Kier alpha value is -2.31. The summed E-state index contributed by atoms with van der Waals surface area (Å²) in [6, 6.07) is 0. The lowest BCUT2D eigenvalue weighted by Crippen LogP contribution is -2.64. The number of halogens is 6. The maximum atomic E-state index is 12.7. The normalized spacial score (nSPS) is 32.2. The smallest absolute Gasteiger partial charge is 0.426 e. The maximum Gasteiger partial charge on any atom is 0.426 e. The second kappa shape index (κ2) is 8.67. The summed E-state index contributed by atoms with van der Waals surface area (Å²) in [6.45, 7) is 5.55. The highest BCUT2D eigenvalue weighted by molar-refractivity contribution is 5.87. The number of ether oxygens (including phenoxy) is 3. The van der Waals surface area contributed by atoms with Gasteiger partial charge in [0.25, 0.3) is 5.60 Å². The predicted molar refractivity (Wildman–Crippen MR) is 104 cm³/mol. The van der Waals surface area contributed by atoms with Gasteiger partial charge < -0.3 is 19.3 Å². The minimum absolute atomic E-state index is 0.216. The van der Waals surface area contributed by atoms with Crippen LogP contribution in [-0.2, 0) is 28.6 Å². The van der Waals surface area contributed by atoms with Gasteiger partial charge in [0.1, 0.15) is 11.2 Å². The third-order valence-electron chi connectivity index (χ3n) is 7.43. The molecule has 0 aromatic heterocycles. The van der Waals surface area contributed by atoms with E-state index in [-0.39, 0.29) is 23.3 Å². The van der Waals surface area contributed by atoms with Gasteiger partial charge in [-0.2, -0.15) is 26.3 Å². The van der Waals surface area contributed by atoms with E-state index in [1.54, 1.807) is 6.92 Å². The molecule has 4 fully saturated rings. The van der Waals surface area contributed by atoms with Gasteiger partial charge in [0.2, 0.25) is 0 Å². The van der Waals surface area contributed by atoms with E-state index in [0.29, 0.717) is 32.1 Å². The Morgan fingerprint density at radius 3 is 1.91 bits per heavy atom. The molecule has 0 aromatic carbocycles. The van der Waals surface area contributed by atoms with Crippen molar-refractivity contribution in [3.63, 3.8) is 0 Å². The second-order valence-electron chi connectivity index (χ2n) is 10.0. The standard InChI is InChI=1S/C22H26F6O7/c1-11(2)17(31)35-19-6-12-4-13(7-19)18(3,14(5-12)8-19)34-16(30)10-33-15(29)9-20(32,21(23,24)25)22(26,27)28/h12-14,32H,1,4-10H2,2-3H3. The Morgan fingerprint density at radius 1 is 0.943 bits per heavy atom. The summed E-state index contributed by atoms with van der Waals surface area (Å²) in [5.74, 6) is -3.93. The fourth-order valence-electron chi connectivity index (χ4n) is 5.73. The first-order chi connectivity index (χ1) is 15.8. The first-order valence-electron chi connectivity index (χ1n) is 10.9. The van der Waals surface area contributed by atoms with Crippen LogP contribution in [0.2, 0.25) is 0 Å². The Bertz CT molecular complexity index is 879. The van der Waals surface area contributed by atoms with Gasteiger partial charge in [-0.1, -0.05) is 6.58 Å². The molecule has 0 aliphatic heterocycles. The van der Waals surface area contributed by atoms with Crippen molar-refractivity contribution >= 4 is 17.9 Å². The Morgan fingerprint density at radius 2 is 1.46 bits per heavy atom. The fourth-order valence-corrected chi connectivity index (χ4v) is 5.73. The van der Waals surface area contributed by atoms with Crippen molar-refractivity contribution in [2.75, 3.05) is 6.61 Å². The second-order valence-corrected chi connectivity index (χ2v) is 10.0. The molecular weight excluding hydrogens is 490 g/mol. The van der Waals surface area contributed by atoms with Crippen molar-refractivity contribution < 1.29 is 60.0 Å². The van der Waals surface area contributed by atoms with Gasteiger partial charge in [-0.15, -0.1) is 0 Å². The van der Waals surface area contributed by atoms with E-state index in [2.05, 4.69) is 11.3 Å². The van der Waals surface area contributed by atoms with Crippen molar-refractivity contribution in [1.29, 1.82) is 0 Å². The van der Waals surface area contributed by atoms with Crippen LogP contribution in [0.4, 0.5) is 26.3 Å².